The summed E-state index contributed by atoms with van der Waals surface area (Å²) >= 11 is 0. The number of ether oxygens (including phenoxy) is 1. The lowest BCUT2D eigenvalue weighted by Gasteiger charge is -2.08. The summed E-state index contributed by atoms with van der Waals surface area (Å²) in [5.74, 6) is -0.215. The van der Waals surface area contributed by atoms with Crippen LogP contribution in [0.4, 0.5) is 4.39 Å². The van der Waals surface area contributed by atoms with Crippen LogP contribution in [0.1, 0.15) is 17.3 Å². The highest BCUT2D eigenvalue weighted by molar-refractivity contribution is 5.96. The highest BCUT2D eigenvalue weighted by Gasteiger charge is 2.17. The monoisotopic (exact) mass is 390 g/mol. The Balaban J connectivity index is 1.74. The van der Waals surface area contributed by atoms with Crippen LogP contribution in [0.2, 0.25) is 0 Å². The van der Waals surface area contributed by atoms with Gasteiger partial charge in [-0.05, 0) is 42.8 Å². The molecule has 144 valence electrons. The first kappa shape index (κ1) is 18.3. The predicted molar refractivity (Wildman–Crippen MR) is 104 cm³/mol. The number of nitrogens with zero attached hydrogens (tertiary/aromatic N) is 2. The van der Waals surface area contributed by atoms with Gasteiger partial charge in [-0.25, -0.2) is 9.37 Å². The standard InChI is InChI=1S/C21H15FN4O3/c1-12(27)15-4-2-3-5-17(15)29-21-23-11-10-16(24-21)19-18(20(28)26-25-19)13-6-8-14(22)9-7-13/h2-11H,1H3,(H2,25,26,28). The lowest BCUT2D eigenvalue weighted by atomic mass is 10.0. The summed E-state index contributed by atoms with van der Waals surface area (Å²) < 4.78 is 19.0. The van der Waals surface area contributed by atoms with Crippen LogP contribution in [0, 0.1) is 5.82 Å². The van der Waals surface area contributed by atoms with E-state index in [9.17, 15) is 14.0 Å². The van der Waals surface area contributed by atoms with Crippen LogP contribution in [0.25, 0.3) is 22.5 Å². The van der Waals surface area contributed by atoms with Crippen molar-refractivity contribution in [3.63, 3.8) is 0 Å². The van der Waals surface area contributed by atoms with Crippen LogP contribution < -0.4 is 10.3 Å². The number of halogens is 1. The van der Waals surface area contributed by atoms with E-state index in [1.165, 1.54) is 37.4 Å². The molecule has 29 heavy (non-hydrogen) atoms. The molecule has 2 aromatic carbocycles. The van der Waals surface area contributed by atoms with Crippen molar-refractivity contribution in [3.05, 3.63) is 82.5 Å². The van der Waals surface area contributed by atoms with Gasteiger partial charge in [0.15, 0.2) is 5.78 Å². The summed E-state index contributed by atoms with van der Waals surface area (Å²) in [6.07, 6.45) is 1.48. The molecule has 0 atom stereocenters. The predicted octanol–water partition coefficient (Wildman–Crippen LogP) is 3.96. The average molecular weight is 390 g/mol. The Bertz CT molecular complexity index is 1250. The first-order valence-corrected chi connectivity index (χ1v) is 8.71. The van der Waals surface area contributed by atoms with Crippen molar-refractivity contribution in [1.82, 2.24) is 20.2 Å². The summed E-state index contributed by atoms with van der Waals surface area (Å²) in [6, 6.07) is 14.0. The fourth-order valence-corrected chi connectivity index (χ4v) is 2.92. The molecule has 0 saturated heterocycles. The molecule has 0 spiro atoms. The zero-order chi connectivity index (χ0) is 20.4. The van der Waals surface area contributed by atoms with Gasteiger partial charge in [0.2, 0.25) is 0 Å². The third kappa shape index (κ3) is 3.68. The van der Waals surface area contributed by atoms with E-state index in [4.69, 9.17) is 4.74 Å². The van der Waals surface area contributed by atoms with Crippen molar-refractivity contribution >= 4 is 5.78 Å². The normalized spacial score (nSPS) is 10.7. The average Bonchev–Trinajstić information content (AvgIpc) is 3.10. The summed E-state index contributed by atoms with van der Waals surface area (Å²) in [6.45, 7) is 1.44. The summed E-state index contributed by atoms with van der Waals surface area (Å²) in [5, 5.41) is 5.31. The lowest BCUT2D eigenvalue weighted by molar-refractivity contribution is 0.101. The molecule has 0 fully saturated rings. The van der Waals surface area contributed by atoms with Crippen molar-refractivity contribution in [2.24, 2.45) is 0 Å². The van der Waals surface area contributed by atoms with Gasteiger partial charge in [0.1, 0.15) is 11.6 Å². The second kappa shape index (κ2) is 7.51. The van der Waals surface area contributed by atoms with E-state index in [1.54, 1.807) is 30.3 Å². The first-order valence-electron chi connectivity index (χ1n) is 8.71. The number of ketones is 1. The van der Waals surface area contributed by atoms with Gasteiger partial charge in [-0.2, -0.15) is 4.98 Å². The Labute approximate surface area is 164 Å². The fourth-order valence-electron chi connectivity index (χ4n) is 2.92. The van der Waals surface area contributed by atoms with Crippen molar-refractivity contribution < 1.29 is 13.9 Å². The third-order valence-corrected chi connectivity index (χ3v) is 4.27. The maximum absolute atomic E-state index is 13.2. The zero-order valence-electron chi connectivity index (χ0n) is 15.3. The van der Waals surface area contributed by atoms with Crippen LogP contribution in [0.5, 0.6) is 11.8 Å². The molecule has 0 unspecified atom stereocenters. The number of carbonyl (C=O) groups excluding carboxylic acids is 1. The van der Waals surface area contributed by atoms with E-state index in [0.29, 0.717) is 33.8 Å². The molecule has 0 aliphatic heterocycles. The van der Waals surface area contributed by atoms with Gasteiger partial charge in [0.05, 0.1) is 22.5 Å². The fraction of sp³-hybridized carbons (Fsp3) is 0.0476. The van der Waals surface area contributed by atoms with Crippen molar-refractivity contribution in [1.29, 1.82) is 0 Å². The van der Waals surface area contributed by atoms with Gasteiger partial charge in [-0.15, -0.1) is 0 Å². The SMILES string of the molecule is CC(=O)c1ccccc1Oc1nccc(-c2[nH][nH]c(=O)c2-c2ccc(F)cc2)n1. The molecule has 7 nitrogen and oxygen atoms in total. The molecule has 0 aliphatic rings. The minimum Gasteiger partial charge on any atom is -0.424 e. The summed E-state index contributed by atoms with van der Waals surface area (Å²) in [7, 11) is 0. The van der Waals surface area contributed by atoms with Crippen LogP contribution >= 0.6 is 0 Å². The molecule has 2 N–H and O–H groups in total. The zero-order valence-corrected chi connectivity index (χ0v) is 15.3. The van der Waals surface area contributed by atoms with Crippen LogP contribution in [0.15, 0.2) is 65.6 Å². The highest BCUT2D eigenvalue weighted by atomic mass is 19.1. The maximum atomic E-state index is 13.2. The molecule has 0 saturated carbocycles. The van der Waals surface area contributed by atoms with E-state index in [0.717, 1.165) is 0 Å². The van der Waals surface area contributed by atoms with Gasteiger partial charge in [-0.3, -0.25) is 19.8 Å². The van der Waals surface area contributed by atoms with Crippen molar-refractivity contribution in [2.75, 3.05) is 0 Å². The van der Waals surface area contributed by atoms with Crippen molar-refractivity contribution in [3.8, 4) is 34.3 Å². The molecular formula is C21H15FN4O3. The Hall–Kier alpha value is -4.07. The van der Waals surface area contributed by atoms with Gasteiger partial charge >= 0.3 is 6.01 Å². The third-order valence-electron chi connectivity index (χ3n) is 4.27. The Morgan fingerprint density at radius 2 is 1.79 bits per heavy atom. The van der Waals surface area contributed by atoms with E-state index < -0.39 is 5.82 Å². The number of hydrogen-bond acceptors (Lipinski definition) is 5. The number of carbonyl (C=O) groups is 1. The molecule has 0 aliphatic carbocycles. The molecule has 4 rings (SSSR count). The minimum atomic E-state index is -0.399. The van der Waals surface area contributed by atoms with Gasteiger partial charge in [0.25, 0.3) is 5.56 Å². The Kier molecular flexibility index (Phi) is 4.74. The smallest absolute Gasteiger partial charge is 0.322 e. The van der Waals surface area contributed by atoms with Gasteiger partial charge in [0, 0.05) is 6.20 Å². The number of para-hydroxylation sites is 1. The van der Waals surface area contributed by atoms with E-state index in [1.807, 2.05) is 0 Å². The molecule has 2 aromatic heterocycles. The van der Waals surface area contributed by atoms with Gasteiger partial charge in [-0.1, -0.05) is 24.3 Å². The highest BCUT2D eigenvalue weighted by Crippen LogP contribution is 2.28. The molecule has 0 radical (unpaired) electrons. The van der Waals surface area contributed by atoms with Crippen LogP contribution in [-0.2, 0) is 0 Å². The molecule has 4 aromatic rings. The van der Waals surface area contributed by atoms with E-state index >= 15 is 0 Å². The molecule has 0 amide bonds. The number of aromatic nitrogens is 4. The number of rotatable bonds is 5. The number of benzene rings is 2. The first-order chi connectivity index (χ1) is 14.0. The number of H-pyrrole nitrogens is 2. The van der Waals surface area contributed by atoms with Gasteiger partial charge < -0.3 is 4.74 Å². The second-order valence-corrected chi connectivity index (χ2v) is 6.21. The number of Topliss-reactive ketones (excluding diaryl/α,β-unsaturated/α-hetero) is 1. The van der Waals surface area contributed by atoms with Crippen molar-refractivity contribution in [2.45, 2.75) is 6.92 Å². The largest absolute Gasteiger partial charge is 0.424 e. The molecule has 2 heterocycles. The number of hydrogen-bond donors (Lipinski definition) is 2. The molecule has 0 bridgehead atoms. The maximum Gasteiger partial charge on any atom is 0.322 e. The summed E-state index contributed by atoms with van der Waals surface area (Å²) in [5.41, 5.74) is 1.70. The number of aromatic amines is 2. The minimum absolute atomic E-state index is 0.0169. The van der Waals surface area contributed by atoms with Crippen LogP contribution in [0.3, 0.4) is 0 Å². The van der Waals surface area contributed by atoms with Crippen LogP contribution in [-0.4, -0.2) is 25.9 Å². The quantitative estimate of drug-likeness (QED) is 0.502. The lowest BCUT2D eigenvalue weighted by Crippen LogP contribution is -2.02. The number of nitrogens with one attached hydrogen (secondary N) is 2. The van der Waals surface area contributed by atoms with E-state index in [2.05, 4.69) is 20.2 Å². The summed E-state index contributed by atoms with van der Waals surface area (Å²) in [4.78, 5) is 32.5. The second-order valence-electron chi connectivity index (χ2n) is 6.21. The molecule has 8 heteroatoms. The molecular weight excluding hydrogens is 375 g/mol. The topological polar surface area (TPSA) is 101 Å². The van der Waals surface area contributed by atoms with E-state index in [-0.39, 0.29) is 17.4 Å². The Morgan fingerprint density at radius 1 is 1.03 bits per heavy atom. The Morgan fingerprint density at radius 3 is 2.55 bits per heavy atom.